The predicted molar refractivity (Wildman–Crippen MR) is 78.9 cm³/mol. The minimum atomic E-state index is 0.271. The zero-order chi connectivity index (χ0) is 13.5. The Hall–Kier alpha value is -1.31. The SMILES string of the molecule is C[C@H](CCc1ccccc1)NC(=O)C1CCCCC1. The molecule has 1 aromatic rings. The Morgan fingerprint density at radius 2 is 1.89 bits per heavy atom. The van der Waals surface area contributed by atoms with Crippen molar-refractivity contribution in [2.75, 3.05) is 0 Å². The molecule has 1 aromatic carbocycles. The molecule has 1 aliphatic rings. The summed E-state index contributed by atoms with van der Waals surface area (Å²) in [6, 6.07) is 10.7. The van der Waals surface area contributed by atoms with E-state index < -0.39 is 0 Å². The molecule has 0 radical (unpaired) electrons. The van der Waals surface area contributed by atoms with Gasteiger partial charge in [0.1, 0.15) is 0 Å². The summed E-state index contributed by atoms with van der Waals surface area (Å²) < 4.78 is 0. The van der Waals surface area contributed by atoms with Gasteiger partial charge >= 0.3 is 0 Å². The molecule has 19 heavy (non-hydrogen) atoms. The first kappa shape index (κ1) is 14.1. The Kier molecular flexibility index (Phi) is 5.44. The van der Waals surface area contributed by atoms with Crippen molar-refractivity contribution in [1.82, 2.24) is 5.32 Å². The standard InChI is InChI=1S/C17H25NO/c1-14(12-13-15-8-4-2-5-9-15)18-17(19)16-10-6-3-7-11-16/h2,4-5,8-9,14,16H,3,6-7,10-13H2,1H3,(H,18,19)/t14-/m1/s1. The molecule has 1 atom stereocenters. The summed E-state index contributed by atoms with van der Waals surface area (Å²) in [7, 11) is 0. The highest BCUT2D eigenvalue weighted by Gasteiger charge is 2.21. The third-order valence-electron chi connectivity index (χ3n) is 4.07. The zero-order valence-electron chi connectivity index (χ0n) is 11.9. The van der Waals surface area contributed by atoms with Gasteiger partial charge in [0, 0.05) is 12.0 Å². The first-order valence-corrected chi connectivity index (χ1v) is 7.60. The smallest absolute Gasteiger partial charge is 0.223 e. The summed E-state index contributed by atoms with van der Waals surface area (Å²) >= 11 is 0. The number of hydrogen-bond acceptors (Lipinski definition) is 1. The van der Waals surface area contributed by atoms with E-state index in [0.717, 1.165) is 25.7 Å². The van der Waals surface area contributed by atoms with Crippen LogP contribution in [-0.2, 0) is 11.2 Å². The van der Waals surface area contributed by atoms with Crippen molar-refractivity contribution in [3.8, 4) is 0 Å². The molecule has 0 aromatic heterocycles. The lowest BCUT2D eigenvalue weighted by Crippen LogP contribution is -2.38. The molecule has 0 unspecified atom stereocenters. The molecule has 2 nitrogen and oxygen atoms in total. The van der Waals surface area contributed by atoms with Crippen LogP contribution in [0.25, 0.3) is 0 Å². The highest BCUT2D eigenvalue weighted by atomic mass is 16.1. The van der Waals surface area contributed by atoms with E-state index in [9.17, 15) is 4.79 Å². The van der Waals surface area contributed by atoms with Crippen molar-refractivity contribution in [2.24, 2.45) is 5.92 Å². The number of aryl methyl sites for hydroxylation is 1. The molecule has 1 aliphatic carbocycles. The minimum Gasteiger partial charge on any atom is -0.353 e. The summed E-state index contributed by atoms with van der Waals surface area (Å²) in [5.41, 5.74) is 1.35. The van der Waals surface area contributed by atoms with E-state index in [1.165, 1.54) is 24.8 Å². The van der Waals surface area contributed by atoms with Crippen LogP contribution in [0.1, 0.15) is 51.0 Å². The second-order valence-electron chi connectivity index (χ2n) is 5.77. The van der Waals surface area contributed by atoms with Crippen molar-refractivity contribution in [3.05, 3.63) is 35.9 Å². The second-order valence-corrected chi connectivity index (χ2v) is 5.77. The van der Waals surface area contributed by atoms with Crippen LogP contribution in [0.15, 0.2) is 30.3 Å². The van der Waals surface area contributed by atoms with Crippen molar-refractivity contribution in [2.45, 2.75) is 57.9 Å². The first-order valence-electron chi connectivity index (χ1n) is 7.60. The van der Waals surface area contributed by atoms with Gasteiger partial charge in [-0.2, -0.15) is 0 Å². The lowest BCUT2D eigenvalue weighted by molar-refractivity contribution is -0.126. The Morgan fingerprint density at radius 3 is 2.58 bits per heavy atom. The largest absolute Gasteiger partial charge is 0.353 e. The average Bonchev–Trinajstić information content (AvgIpc) is 2.47. The van der Waals surface area contributed by atoms with Gasteiger partial charge in [-0.3, -0.25) is 4.79 Å². The number of carbonyl (C=O) groups excluding carboxylic acids is 1. The molecule has 2 rings (SSSR count). The van der Waals surface area contributed by atoms with E-state index in [0.29, 0.717) is 0 Å². The fraction of sp³-hybridized carbons (Fsp3) is 0.588. The quantitative estimate of drug-likeness (QED) is 0.858. The number of benzene rings is 1. The maximum absolute atomic E-state index is 12.1. The summed E-state index contributed by atoms with van der Waals surface area (Å²) in [6.07, 6.45) is 7.95. The Bertz CT molecular complexity index is 382. The maximum Gasteiger partial charge on any atom is 0.223 e. The molecule has 2 heteroatoms. The molecule has 0 spiro atoms. The third kappa shape index (κ3) is 4.70. The molecule has 1 saturated carbocycles. The van der Waals surface area contributed by atoms with E-state index in [-0.39, 0.29) is 17.9 Å². The van der Waals surface area contributed by atoms with Gasteiger partial charge in [0.25, 0.3) is 0 Å². The summed E-state index contributed by atoms with van der Waals surface area (Å²) in [5, 5.41) is 3.18. The maximum atomic E-state index is 12.1. The number of amides is 1. The van der Waals surface area contributed by atoms with E-state index >= 15 is 0 Å². The van der Waals surface area contributed by atoms with Crippen LogP contribution in [0, 0.1) is 5.92 Å². The lowest BCUT2D eigenvalue weighted by atomic mass is 9.88. The van der Waals surface area contributed by atoms with E-state index in [1.807, 2.05) is 6.07 Å². The van der Waals surface area contributed by atoms with Crippen LogP contribution in [0.5, 0.6) is 0 Å². The van der Waals surface area contributed by atoms with E-state index in [4.69, 9.17) is 0 Å². The lowest BCUT2D eigenvalue weighted by Gasteiger charge is -2.23. The number of rotatable bonds is 5. The molecule has 1 fully saturated rings. The molecule has 0 aliphatic heterocycles. The van der Waals surface area contributed by atoms with E-state index in [2.05, 4.69) is 36.5 Å². The molecule has 0 bridgehead atoms. The first-order chi connectivity index (χ1) is 9.25. The fourth-order valence-electron chi connectivity index (χ4n) is 2.83. The number of nitrogens with one attached hydrogen (secondary N) is 1. The summed E-state index contributed by atoms with van der Waals surface area (Å²) in [4.78, 5) is 12.1. The molecular formula is C17H25NO. The van der Waals surface area contributed by atoms with Crippen LogP contribution in [0.2, 0.25) is 0 Å². The highest BCUT2D eigenvalue weighted by Crippen LogP contribution is 2.23. The van der Waals surface area contributed by atoms with Crippen molar-refractivity contribution < 1.29 is 4.79 Å². The van der Waals surface area contributed by atoms with Gasteiger partial charge in [0.15, 0.2) is 0 Å². The van der Waals surface area contributed by atoms with Gasteiger partial charge in [0.05, 0.1) is 0 Å². The van der Waals surface area contributed by atoms with Gasteiger partial charge in [-0.15, -0.1) is 0 Å². The predicted octanol–water partition coefficient (Wildman–Crippen LogP) is 3.70. The van der Waals surface area contributed by atoms with Gasteiger partial charge in [0.2, 0.25) is 5.91 Å². The molecule has 0 heterocycles. The van der Waals surface area contributed by atoms with Gasteiger partial charge < -0.3 is 5.32 Å². The van der Waals surface area contributed by atoms with Crippen LogP contribution in [-0.4, -0.2) is 11.9 Å². The molecule has 1 N–H and O–H groups in total. The number of hydrogen-bond donors (Lipinski definition) is 1. The van der Waals surface area contributed by atoms with Crippen LogP contribution in [0.3, 0.4) is 0 Å². The summed E-state index contributed by atoms with van der Waals surface area (Å²) in [5.74, 6) is 0.549. The normalized spacial score (nSPS) is 17.9. The minimum absolute atomic E-state index is 0.271. The molecule has 104 valence electrons. The van der Waals surface area contributed by atoms with Gasteiger partial charge in [-0.05, 0) is 38.2 Å². The highest BCUT2D eigenvalue weighted by molar-refractivity contribution is 5.78. The van der Waals surface area contributed by atoms with Crippen LogP contribution in [0.4, 0.5) is 0 Å². The van der Waals surface area contributed by atoms with Crippen molar-refractivity contribution >= 4 is 5.91 Å². The van der Waals surface area contributed by atoms with Gasteiger partial charge in [-0.1, -0.05) is 49.6 Å². The monoisotopic (exact) mass is 259 g/mol. The molecule has 1 amide bonds. The Morgan fingerprint density at radius 1 is 1.21 bits per heavy atom. The summed E-state index contributed by atoms with van der Waals surface area (Å²) in [6.45, 7) is 2.11. The number of carbonyl (C=O) groups is 1. The zero-order valence-corrected chi connectivity index (χ0v) is 11.9. The topological polar surface area (TPSA) is 29.1 Å². The van der Waals surface area contributed by atoms with Crippen molar-refractivity contribution in [3.63, 3.8) is 0 Å². The fourth-order valence-corrected chi connectivity index (χ4v) is 2.83. The van der Waals surface area contributed by atoms with Crippen LogP contribution >= 0.6 is 0 Å². The van der Waals surface area contributed by atoms with Gasteiger partial charge in [-0.25, -0.2) is 0 Å². The van der Waals surface area contributed by atoms with E-state index in [1.54, 1.807) is 0 Å². The Labute approximate surface area is 116 Å². The third-order valence-corrected chi connectivity index (χ3v) is 4.07. The van der Waals surface area contributed by atoms with Crippen LogP contribution < -0.4 is 5.32 Å². The average molecular weight is 259 g/mol. The molecule has 0 saturated heterocycles. The Balaban J connectivity index is 1.71. The molecular weight excluding hydrogens is 234 g/mol. The van der Waals surface area contributed by atoms with Crippen molar-refractivity contribution in [1.29, 1.82) is 0 Å². The second kappa shape index (κ2) is 7.32.